The lowest BCUT2D eigenvalue weighted by Gasteiger charge is -2.33. The van der Waals surface area contributed by atoms with Gasteiger partial charge in [0.25, 0.3) is 5.91 Å². The second kappa shape index (κ2) is 9.06. The second-order valence-corrected chi connectivity index (χ2v) is 10.2. The highest BCUT2D eigenvalue weighted by molar-refractivity contribution is 7.89. The third kappa shape index (κ3) is 4.51. The predicted octanol–water partition coefficient (Wildman–Crippen LogP) is 2.74. The van der Waals surface area contributed by atoms with E-state index in [1.54, 1.807) is 39.7 Å². The van der Waals surface area contributed by atoms with Crippen molar-refractivity contribution >= 4 is 15.9 Å². The van der Waals surface area contributed by atoms with E-state index in [0.29, 0.717) is 55.5 Å². The number of benzene rings is 1. The van der Waals surface area contributed by atoms with Gasteiger partial charge >= 0.3 is 0 Å². The standard InChI is InChI=1S/C23H29N3O4S/c1-17-7-8-20(15-18(17)2)31(28,29)26-10-4-5-19(16-26)22-21(6-3-9-24-22)23(27)25-11-13-30-14-12-25/h3,6-9,15,19H,4-5,10-14,16H2,1-2H3/t19-/m0/s1. The van der Waals surface area contributed by atoms with Gasteiger partial charge in [-0.15, -0.1) is 0 Å². The zero-order chi connectivity index (χ0) is 22.0. The van der Waals surface area contributed by atoms with Gasteiger partial charge < -0.3 is 9.64 Å². The van der Waals surface area contributed by atoms with E-state index in [9.17, 15) is 13.2 Å². The number of morpholine rings is 1. The average molecular weight is 444 g/mol. The summed E-state index contributed by atoms with van der Waals surface area (Å²) < 4.78 is 33.5. The quantitative estimate of drug-likeness (QED) is 0.726. The van der Waals surface area contributed by atoms with E-state index in [0.717, 1.165) is 24.0 Å². The van der Waals surface area contributed by atoms with Crippen molar-refractivity contribution in [2.45, 2.75) is 37.5 Å². The molecule has 166 valence electrons. The summed E-state index contributed by atoms with van der Waals surface area (Å²) in [7, 11) is -3.60. The highest BCUT2D eigenvalue weighted by Crippen LogP contribution is 2.32. The van der Waals surface area contributed by atoms with Crippen LogP contribution in [0.4, 0.5) is 0 Å². The maximum atomic E-state index is 13.3. The van der Waals surface area contributed by atoms with Crippen LogP contribution in [0, 0.1) is 13.8 Å². The average Bonchev–Trinajstić information content (AvgIpc) is 2.81. The minimum Gasteiger partial charge on any atom is -0.378 e. The summed E-state index contributed by atoms with van der Waals surface area (Å²) in [6.45, 7) is 6.89. The third-order valence-electron chi connectivity index (χ3n) is 6.25. The zero-order valence-electron chi connectivity index (χ0n) is 18.1. The van der Waals surface area contributed by atoms with Crippen molar-refractivity contribution in [1.29, 1.82) is 0 Å². The van der Waals surface area contributed by atoms with Crippen LogP contribution >= 0.6 is 0 Å². The molecule has 2 aromatic rings. The van der Waals surface area contributed by atoms with Crippen LogP contribution in [0.25, 0.3) is 0 Å². The molecule has 2 fully saturated rings. The lowest BCUT2D eigenvalue weighted by Crippen LogP contribution is -2.42. The molecule has 2 aliphatic heterocycles. The molecule has 4 rings (SSSR count). The van der Waals surface area contributed by atoms with Crippen LogP contribution in [0.2, 0.25) is 0 Å². The fourth-order valence-corrected chi connectivity index (χ4v) is 5.88. The molecule has 0 unspecified atom stereocenters. The molecule has 0 spiro atoms. The summed E-state index contributed by atoms with van der Waals surface area (Å²) in [5.41, 5.74) is 3.28. The molecule has 2 saturated heterocycles. The summed E-state index contributed by atoms with van der Waals surface area (Å²) in [5.74, 6) is -0.170. The van der Waals surface area contributed by atoms with Crippen molar-refractivity contribution in [3.63, 3.8) is 0 Å². The van der Waals surface area contributed by atoms with Crippen LogP contribution in [0.5, 0.6) is 0 Å². The number of hydrogen-bond acceptors (Lipinski definition) is 5. The third-order valence-corrected chi connectivity index (χ3v) is 8.12. The normalized spacial score (nSPS) is 20.6. The molecular weight excluding hydrogens is 414 g/mol. The highest BCUT2D eigenvalue weighted by Gasteiger charge is 2.34. The second-order valence-electron chi connectivity index (χ2n) is 8.29. The summed E-state index contributed by atoms with van der Waals surface area (Å²) in [5, 5.41) is 0. The minimum absolute atomic E-state index is 0.0551. The molecule has 3 heterocycles. The van der Waals surface area contributed by atoms with Gasteiger partial charge in [-0.25, -0.2) is 8.42 Å². The SMILES string of the molecule is Cc1ccc(S(=O)(=O)N2CCC[C@H](c3ncccc3C(=O)N3CCOCC3)C2)cc1C. The van der Waals surface area contributed by atoms with Gasteiger partial charge in [0.1, 0.15) is 0 Å². The minimum atomic E-state index is -3.60. The number of ether oxygens (including phenoxy) is 1. The number of carbonyl (C=O) groups is 1. The van der Waals surface area contributed by atoms with E-state index >= 15 is 0 Å². The molecule has 0 radical (unpaired) electrons. The van der Waals surface area contributed by atoms with E-state index in [2.05, 4.69) is 4.98 Å². The number of nitrogens with zero attached hydrogens (tertiary/aromatic N) is 3. The van der Waals surface area contributed by atoms with Crippen molar-refractivity contribution in [2.24, 2.45) is 0 Å². The number of pyridine rings is 1. The molecule has 1 atom stereocenters. The predicted molar refractivity (Wildman–Crippen MR) is 118 cm³/mol. The number of sulfonamides is 1. The molecule has 8 heteroatoms. The molecule has 1 amide bonds. The van der Waals surface area contributed by atoms with Crippen molar-refractivity contribution in [3.8, 4) is 0 Å². The number of piperidine rings is 1. The van der Waals surface area contributed by atoms with Crippen molar-refractivity contribution < 1.29 is 17.9 Å². The molecule has 0 bridgehead atoms. The lowest BCUT2D eigenvalue weighted by molar-refractivity contribution is 0.0301. The lowest BCUT2D eigenvalue weighted by atomic mass is 9.92. The van der Waals surface area contributed by atoms with E-state index in [1.165, 1.54) is 0 Å². The first kappa shape index (κ1) is 21.9. The number of carbonyl (C=O) groups excluding carboxylic acids is 1. The zero-order valence-corrected chi connectivity index (χ0v) is 18.9. The maximum absolute atomic E-state index is 13.3. The van der Waals surface area contributed by atoms with Crippen LogP contribution in [-0.4, -0.2) is 67.9 Å². The molecule has 7 nitrogen and oxygen atoms in total. The van der Waals surface area contributed by atoms with Gasteiger partial charge in [-0.05, 0) is 62.1 Å². The van der Waals surface area contributed by atoms with Crippen LogP contribution < -0.4 is 0 Å². The van der Waals surface area contributed by atoms with Crippen molar-refractivity contribution in [2.75, 3.05) is 39.4 Å². The van der Waals surface area contributed by atoms with Crippen LogP contribution in [0.3, 0.4) is 0 Å². The van der Waals surface area contributed by atoms with Crippen molar-refractivity contribution in [1.82, 2.24) is 14.2 Å². The van der Waals surface area contributed by atoms with Gasteiger partial charge in [-0.1, -0.05) is 6.07 Å². The molecule has 0 N–H and O–H groups in total. The fourth-order valence-electron chi connectivity index (χ4n) is 4.27. The number of hydrogen-bond donors (Lipinski definition) is 0. The largest absolute Gasteiger partial charge is 0.378 e. The Morgan fingerprint density at radius 2 is 1.87 bits per heavy atom. The molecule has 2 aliphatic rings. The Hall–Kier alpha value is -2.29. The first-order chi connectivity index (χ1) is 14.9. The first-order valence-electron chi connectivity index (χ1n) is 10.8. The molecule has 1 aromatic carbocycles. The topological polar surface area (TPSA) is 79.8 Å². The summed E-state index contributed by atoms with van der Waals surface area (Å²) >= 11 is 0. The Labute approximate surface area is 184 Å². The Balaban J connectivity index is 1.59. The van der Waals surface area contributed by atoms with E-state index in [-0.39, 0.29) is 11.8 Å². The van der Waals surface area contributed by atoms with E-state index in [1.807, 2.05) is 19.9 Å². The molecule has 0 saturated carbocycles. The number of amides is 1. The number of aromatic nitrogens is 1. The smallest absolute Gasteiger partial charge is 0.255 e. The van der Waals surface area contributed by atoms with Crippen LogP contribution in [-0.2, 0) is 14.8 Å². The van der Waals surface area contributed by atoms with E-state index < -0.39 is 10.0 Å². The van der Waals surface area contributed by atoms with Gasteiger partial charge in [-0.2, -0.15) is 4.31 Å². The molecular formula is C23H29N3O4S. The maximum Gasteiger partial charge on any atom is 0.255 e. The monoisotopic (exact) mass is 443 g/mol. The van der Waals surface area contributed by atoms with E-state index in [4.69, 9.17) is 4.74 Å². The first-order valence-corrected chi connectivity index (χ1v) is 12.2. The number of rotatable bonds is 4. The van der Waals surface area contributed by atoms with Gasteiger partial charge in [0.2, 0.25) is 10.0 Å². The van der Waals surface area contributed by atoms with Gasteiger partial charge in [0.05, 0.1) is 29.4 Å². The number of aryl methyl sites for hydroxylation is 2. The highest BCUT2D eigenvalue weighted by atomic mass is 32.2. The molecule has 0 aliphatic carbocycles. The fraction of sp³-hybridized carbons (Fsp3) is 0.478. The Kier molecular flexibility index (Phi) is 6.41. The molecule has 31 heavy (non-hydrogen) atoms. The van der Waals surface area contributed by atoms with Crippen LogP contribution in [0.15, 0.2) is 41.4 Å². The van der Waals surface area contributed by atoms with Gasteiger partial charge in [0, 0.05) is 38.3 Å². The Morgan fingerprint density at radius 1 is 1.10 bits per heavy atom. The van der Waals surface area contributed by atoms with Crippen molar-refractivity contribution in [3.05, 3.63) is 58.9 Å². The summed E-state index contributed by atoms with van der Waals surface area (Å²) in [6, 6.07) is 8.83. The Bertz CT molecular complexity index is 1060. The summed E-state index contributed by atoms with van der Waals surface area (Å²) in [4.78, 5) is 19.8. The van der Waals surface area contributed by atoms with Gasteiger partial charge in [0.15, 0.2) is 0 Å². The summed E-state index contributed by atoms with van der Waals surface area (Å²) in [6.07, 6.45) is 3.22. The Morgan fingerprint density at radius 3 is 2.61 bits per heavy atom. The van der Waals surface area contributed by atoms with Gasteiger partial charge in [-0.3, -0.25) is 9.78 Å². The van der Waals surface area contributed by atoms with Crippen LogP contribution in [0.1, 0.15) is 45.9 Å². The molecule has 1 aromatic heterocycles.